The molecular weight excluding hydrogens is 224 g/mol. The van der Waals surface area contributed by atoms with E-state index in [1.807, 2.05) is 18.2 Å². The van der Waals surface area contributed by atoms with Crippen molar-refractivity contribution in [3.63, 3.8) is 0 Å². The minimum Gasteiger partial charge on any atom is -0.487 e. The summed E-state index contributed by atoms with van der Waals surface area (Å²) in [5.41, 5.74) is 1.18. The van der Waals surface area contributed by atoms with Crippen molar-refractivity contribution in [1.82, 2.24) is 0 Å². The van der Waals surface area contributed by atoms with Crippen LogP contribution in [0.1, 0.15) is 0 Å². The highest BCUT2D eigenvalue weighted by molar-refractivity contribution is 7.19. The van der Waals surface area contributed by atoms with Crippen LogP contribution in [0.2, 0.25) is 4.34 Å². The van der Waals surface area contributed by atoms with Crippen molar-refractivity contribution in [2.45, 2.75) is 0 Å². The van der Waals surface area contributed by atoms with Gasteiger partial charge in [-0.2, -0.15) is 0 Å². The van der Waals surface area contributed by atoms with Gasteiger partial charge in [-0.05, 0) is 12.1 Å². The van der Waals surface area contributed by atoms with Crippen LogP contribution in [0.5, 0.6) is 5.06 Å². The molecule has 0 N–H and O–H groups in total. The predicted octanol–water partition coefficient (Wildman–Crippen LogP) is 4.14. The predicted molar refractivity (Wildman–Crippen MR) is 59.2 cm³/mol. The molecule has 0 spiro atoms. The van der Waals surface area contributed by atoms with E-state index in [0.29, 0.717) is 0 Å². The summed E-state index contributed by atoms with van der Waals surface area (Å²) in [4.78, 5) is 1.18. The Morgan fingerprint density at radius 2 is 2.23 bits per heavy atom. The highest BCUT2D eigenvalue weighted by Gasteiger charge is 2.04. The lowest BCUT2D eigenvalue weighted by Gasteiger charge is -1.89. The SMILES string of the molecule is COc1cc(-c2ccc(Cl)s2)cs1. The molecule has 0 unspecified atom stereocenters. The van der Waals surface area contributed by atoms with Crippen molar-refractivity contribution in [2.24, 2.45) is 0 Å². The summed E-state index contributed by atoms with van der Waals surface area (Å²) in [6, 6.07) is 5.95. The van der Waals surface area contributed by atoms with Gasteiger partial charge in [0.25, 0.3) is 0 Å². The minimum absolute atomic E-state index is 0.820. The quantitative estimate of drug-likeness (QED) is 0.754. The van der Waals surface area contributed by atoms with E-state index in [2.05, 4.69) is 5.38 Å². The van der Waals surface area contributed by atoms with Gasteiger partial charge in [0.1, 0.15) is 0 Å². The first-order chi connectivity index (χ1) is 6.29. The molecule has 0 saturated carbocycles. The van der Waals surface area contributed by atoms with Crippen molar-refractivity contribution < 1.29 is 4.74 Å². The standard InChI is InChI=1S/C9H7ClOS2/c1-11-9-4-6(5-12-9)7-2-3-8(10)13-7/h2-5H,1H3. The Bertz CT molecular complexity index is 405. The number of hydrogen-bond donors (Lipinski definition) is 0. The average molecular weight is 231 g/mol. The number of halogens is 1. The molecule has 2 aromatic rings. The molecule has 0 amide bonds. The molecule has 0 bridgehead atoms. The second-order valence-corrected chi connectivity index (χ2v) is 5.05. The summed E-state index contributed by atoms with van der Waals surface area (Å²) < 4.78 is 5.93. The summed E-state index contributed by atoms with van der Waals surface area (Å²) >= 11 is 9.02. The summed E-state index contributed by atoms with van der Waals surface area (Å²) in [6.45, 7) is 0. The second kappa shape index (κ2) is 3.70. The van der Waals surface area contributed by atoms with Gasteiger partial charge in [-0.3, -0.25) is 0 Å². The molecule has 2 heterocycles. The topological polar surface area (TPSA) is 9.23 Å². The average Bonchev–Trinajstić information content (AvgIpc) is 2.71. The molecule has 1 nitrogen and oxygen atoms in total. The Kier molecular flexibility index (Phi) is 2.58. The van der Waals surface area contributed by atoms with Crippen LogP contribution >= 0.6 is 34.3 Å². The molecule has 2 aromatic heterocycles. The van der Waals surface area contributed by atoms with Crippen molar-refractivity contribution in [2.75, 3.05) is 7.11 Å². The van der Waals surface area contributed by atoms with Crippen LogP contribution in [-0.4, -0.2) is 7.11 Å². The van der Waals surface area contributed by atoms with Crippen LogP contribution in [0.3, 0.4) is 0 Å². The molecule has 0 atom stereocenters. The van der Waals surface area contributed by atoms with Gasteiger partial charge in [-0.15, -0.1) is 22.7 Å². The smallest absolute Gasteiger partial charge is 0.173 e. The largest absolute Gasteiger partial charge is 0.487 e. The van der Waals surface area contributed by atoms with E-state index in [0.717, 1.165) is 9.40 Å². The van der Waals surface area contributed by atoms with Gasteiger partial charge in [0.05, 0.1) is 11.4 Å². The first-order valence-corrected chi connectivity index (χ1v) is 5.75. The summed E-state index contributed by atoms with van der Waals surface area (Å²) in [5, 5.41) is 3.00. The van der Waals surface area contributed by atoms with E-state index >= 15 is 0 Å². The fraction of sp³-hybridized carbons (Fsp3) is 0.111. The van der Waals surface area contributed by atoms with Crippen molar-refractivity contribution in [1.29, 1.82) is 0 Å². The maximum atomic E-state index is 5.84. The lowest BCUT2D eigenvalue weighted by Crippen LogP contribution is -1.74. The van der Waals surface area contributed by atoms with Gasteiger partial charge in [-0.1, -0.05) is 11.6 Å². The maximum absolute atomic E-state index is 5.84. The third kappa shape index (κ3) is 1.88. The Morgan fingerprint density at radius 3 is 2.77 bits per heavy atom. The Morgan fingerprint density at radius 1 is 1.38 bits per heavy atom. The third-order valence-electron chi connectivity index (χ3n) is 1.63. The fourth-order valence-corrected chi connectivity index (χ4v) is 2.86. The van der Waals surface area contributed by atoms with Gasteiger partial charge in [0.15, 0.2) is 5.06 Å². The summed E-state index contributed by atoms with van der Waals surface area (Å²) in [7, 11) is 1.68. The molecule has 0 saturated heterocycles. The third-order valence-corrected chi connectivity index (χ3v) is 3.80. The summed E-state index contributed by atoms with van der Waals surface area (Å²) in [5.74, 6) is 0. The van der Waals surface area contributed by atoms with Gasteiger partial charge in [0, 0.05) is 21.9 Å². The first kappa shape index (κ1) is 9.06. The van der Waals surface area contributed by atoms with E-state index in [-0.39, 0.29) is 0 Å². The van der Waals surface area contributed by atoms with Gasteiger partial charge >= 0.3 is 0 Å². The van der Waals surface area contributed by atoms with Crippen LogP contribution in [0.4, 0.5) is 0 Å². The molecule has 13 heavy (non-hydrogen) atoms. The zero-order valence-corrected chi connectivity index (χ0v) is 9.30. The summed E-state index contributed by atoms with van der Waals surface area (Å²) in [6.07, 6.45) is 0. The zero-order valence-electron chi connectivity index (χ0n) is 6.91. The number of methoxy groups -OCH3 is 1. The number of thiophene rings is 2. The number of rotatable bonds is 2. The van der Waals surface area contributed by atoms with Gasteiger partial charge in [-0.25, -0.2) is 0 Å². The van der Waals surface area contributed by atoms with Gasteiger partial charge in [0.2, 0.25) is 0 Å². The van der Waals surface area contributed by atoms with Crippen LogP contribution in [0.15, 0.2) is 23.6 Å². The fourth-order valence-electron chi connectivity index (χ4n) is 1.02. The Hall–Kier alpha value is -0.510. The van der Waals surface area contributed by atoms with E-state index in [9.17, 15) is 0 Å². The van der Waals surface area contributed by atoms with Crippen LogP contribution in [0.25, 0.3) is 10.4 Å². The van der Waals surface area contributed by atoms with E-state index in [1.54, 1.807) is 29.8 Å². The van der Waals surface area contributed by atoms with E-state index < -0.39 is 0 Å². The molecule has 0 aliphatic carbocycles. The van der Waals surface area contributed by atoms with Crippen molar-refractivity contribution in [3.8, 4) is 15.5 Å². The molecule has 0 aliphatic rings. The lowest BCUT2D eigenvalue weighted by molar-refractivity contribution is 0.427. The highest BCUT2D eigenvalue weighted by Crippen LogP contribution is 2.35. The minimum atomic E-state index is 0.820. The molecule has 0 aromatic carbocycles. The van der Waals surface area contributed by atoms with E-state index in [1.165, 1.54) is 10.4 Å². The van der Waals surface area contributed by atoms with E-state index in [4.69, 9.17) is 16.3 Å². The molecule has 2 rings (SSSR count). The van der Waals surface area contributed by atoms with Crippen molar-refractivity contribution in [3.05, 3.63) is 27.9 Å². The van der Waals surface area contributed by atoms with Crippen LogP contribution in [0, 0.1) is 0 Å². The van der Waals surface area contributed by atoms with Gasteiger partial charge < -0.3 is 4.74 Å². The molecule has 0 fully saturated rings. The Labute approximate surface area is 89.6 Å². The molecule has 68 valence electrons. The van der Waals surface area contributed by atoms with Crippen molar-refractivity contribution >= 4 is 34.3 Å². The number of hydrogen-bond acceptors (Lipinski definition) is 3. The van der Waals surface area contributed by atoms with Crippen LogP contribution < -0.4 is 4.74 Å². The lowest BCUT2D eigenvalue weighted by atomic mass is 10.3. The first-order valence-electron chi connectivity index (χ1n) is 3.68. The normalized spacial score (nSPS) is 10.3. The second-order valence-electron chi connectivity index (χ2n) is 2.46. The maximum Gasteiger partial charge on any atom is 0.173 e. The molecule has 0 radical (unpaired) electrons. The molecular formula is C9H7ClOS2. The molecule has 4 heteroatoms. The number of ether oxygens (including phenoxy) is 1. The monoisotopic (exact) mass is 230 g/mol. The zero-order chi connectivity index (χ0) is 9.26. The van der Waals surface area contributed by atoms with Crippen LogP contribution in [-0.2, 0) is 0 Å². The Balaban J connectivity index is 2.35. The molecule has 0 aliphatic heterocycles. The highest BCUT2D eigenvalue weighted by atomic mass is 35.5.